The second-order valence-electron chi connectivity index (χ2n) is 4.49. The zero-order chi connectivity index (χ0) is 15.9. The molecule has 0 atom stereocenters. The van der Waals surface area contributed by atoms with Crippen molar-refractivity contribution in [3.05, 3.63) is 61.7 Å². The lowest BCUT2D eigenvalue weighted by Gasteiger charge is -2.08. The van der Waals surface area contributed by atoms with Crippen LogP contribution in [0.1, 0.15) is 10.6 Å². The molecular weight excluding hydrogens is 412 g/mol. The van der Waals surface area contributed by atoms with Gasteiger partial charge in [0.1, 0.15) is 5.58 Å². The Hall–Kier alpha value is -1.20. The van der Waals surface area contributed by atoms with Crippen LogP contribution in [0.15, 0.2) is 45.3 Å². The Morgan fingerprint density at radius 2 is 1.73 bits per heavy atom. The molecule has 112 valence electrons. The molecule has 1 heterocycles. The van der Waals surface area contributed by atoms with Gasteiger partial charge in [-0.1, -0.05) is 50.7 Å². The van der Waals surface area contributed by atoms with Gasteiger partial charge in [0.05, 0.1) is 15.7 Å². The number of amides is 1. The van der Waals surface area contributed by atoms with E-state index in [1.165, 1.54) is 12.1 Å². The summed E-state index contributed by atoms with van der Waals surface area (Å²) in [5, 5.41) is 4.35. The summed E-state index contributed by atoms with van der Waals surface area (Å²) in [7, 11) is 0. The van der Waals surface area contributed by atoms with Gasteiger partial charge in [0.25, 0.3) is 5.91 Å². The molecular formula is C15H7BrCl3NO2. The molecule has 1 amide bonds. The van der Waals surface area contributed by atoms with Gasteiger partial charge in [-0.25, -0.2) is 0 Å². The summed E-state index contributed by atoms with van der Waals surface area (Å²) >= 11 is 21.3. The van der Waals surface area contributed by atoms with Crippen LogP contribution in [0.4, 0.5) is 5.69 Å². The molecule has 3 aromatic rings. The molecule has 22 heavy (non-hydrogen) atoms. The third-order valence-corrected chi connectivity index (χ3v) is 4.26. The molecule has 7 heteroatoms. The Labute approximate surface area is 149 Å². The third-order valence-electron chi connectivity index (χ3n) is 2.95. The van der Waals surface area contributed by atoms with E-state index in [-0.39, 0.29) is 15.8 Å². The van der Waals surface area contributed by atoms with Crippen LogP contribution in [0, 0.1) is 0 Å². The predicted molar refractivity (Wildman–Crippen MR) is 93.3 cm³/mol. The summed E-state index contributed by atoms with van der Waals surface area (Å²) in [5.74, 6) is -0.284. The van der Waals surface area contributed by atoms with Crippen LogP contribution >= 0.6 is 50.7 Å². The number of halogens is 4. The highest BCUT2D eigenvalue weighted by atomic mass is 79.9. The quantitative estimate of drug-likeness (QED) is 0.522. The SMILES string of the molecule is O=C(Nc1c(Cl)cc(Cl)cc1Cl)c1cc2ccc(Br)cc2o1. The van der Waals surface area contributed by atoms with Crippen molar-refractivity contribution in [1.82, 2.24) is 0 Å². The zero-order valence-electron chi connectivity index (χ0n) is 10.8. The molecule has 3 nitrogen and oxygen atoms in total. The average molecular weight is 419 g/mol. The Morgan fingerprint density at radius 3 is 2.41 bits per heavy atom. The van der Waals surface area contributed by atoms with Crippen LogP contribution in [0.3, 0.4) is 0 Å². The van der Waals surface area contributed by atoms with Crippen LogP contribution in [0.5, 0.6) is 0 Å². The number of anilines is 1. The van der Waals surface area contributed by atoms with Gasteiger partial charge >= 0.3 is 0 Å². The van der Waals surface area contributed by atoms with Crippen LogP contribution in [-0.4, -0.2) is 5.91 Å². The number of rotatable bonds is 2. The Balaban J connectivity index is 1.93. The van der Waals surface area contributed by atoms with Crippen LogP contribution in [0.25, 0.3) is 11.0 Å². The lowest BCUT2D eigenvalue weighted by Crippen LogP contribution is -2.11. The van der Waals surface area contributed by atoms with E-state index in [0.29, 0.717) is 16.3 Å². The molecule has 0 radical (unpaired) electrons. The first-order chi connectivity index (χ1) is 10.4. The average Bonchev–Trinajstić information content (AvgIpc) is 2.85. The van der Waals surface area contributed by atoms with Crippen LogP contribution in [-0.2, 0) is 0 Å². The summed E-state index contributed by atoms with van der Waals surface area (Å²) in [5.41, 5.74) is 0.896. The van der Waals surface area contributed by atoms with Gasteiger partial charge in [0, 0.05) is 14.9 Å². The highest BCUT2D eigenvalue weighted by molar-refractivity contribution is 9.10. The minimum Gasteiger partial charge on any atom is -0.451 e. The Bertz CT molecular complexity index is 869. The molecule has 0 unspecified atom stereocenters. The number of hydrogen-bond acceptors (Lipinski definition) is 2. The van der Waals surface area contributed by atoms with Crippen molar-refractivity contribution in [3.8, 4) is 0 Å². The third kappa shape index (κ3) is 3.10. The summed E-state index contributed by atoms with van der Waals surface area (Å²) in [6.07, 6.45) is 0. The lowest BCUT2D eigenvalue weighted by atomic mass is 10.2. The van der Waals surface area contributed by atoms with E-state index in [1.54, 1.807) is 12.1 Å². The molecule has 1 N–H and O–H groups in total. The van der Waals surface area contributed by atoms with Gasteiger partial charge in [-0.3, -0.25) is 4.79 Å². The Kier molecular flexibility index (Phi) is 4.37. The summed E-state index contributed by atoms with van der Waals surface area (Å²) in [6, 6.07) is 10.2. The maximum atomic E-state index is 12.3. The van der Waals surface area contributed by atoms with Gasteiger partial charge in [-0.2, -0.15) is 0 Å². The first-order valence-corrected chi connectivity index (χ1v) is 8.02. The predicted octanol–water partition coefficient (Wildman–Crippen LogP) is 6.41. The number of nitrogens with one attached hydrogen (secondary N) is 1. The number of fused-ring (bicyclic) bond motifs is 1. The minimum absolute atomic E-state index is 0.162. The van der Waals surface area contributed by atoms with Crippen molar-refractivity contribution in [2.45, 2.75) is 0 Å². The van der Waals surface area contributed by atoms with E-state index in [1.807, 2.05) is 12.1 Å². The van der Waals surface area contributed by atoms with E-state index < -0.39 is 5.91 Å². The van der Waals surface area contributed by atoms with Crippen molar-refractivity contribution >= 4 is 73.3 Å². The molecule has 3 rings (SSSR count). The molecule has 0 saturated carbocycles. The molecule has 0 fully saturated rings. The molecule has 0 spiro atoms. The number of carbonyl (C=O) groups is 1. The van der Waals surface area contributed by atoms with Crippen molar-refractivity contribution < 1.29 is 9.21 Å². The molecule has 0 aliphatic carbocycles. The fourth-order valence-electron chi connectivity index (χ4n) is 1.95. The van der Waals surface area contributed by atoms with Crippen LogP contribution in [0.2, 0.25) is 15.1 Å². The van der Waals surface area contributed by atoms with Crippen molar-refractivity contribution in [1.29, 1.82) is 0 Å². The van der Waals surface area contributed by atoms with Gasteiger partial charge in [0.15, 0.2) is 5.76 Å². The molecule has 0 saturated heterocycles. The van der Waals surface area contributed by atoms with Crippen molar-refractivity contribution in [2.24, 2.45) is 0 Å². The maximum Gasteiger partial charge on any atom is 0.291 e. The summed E-state index contributed by atoms with van der Waals surface area (Å²) < 4.78 is 6.40. The molecule has 1 aromatic heterocycles. The number of benzene rings is 2. The molecule has 0 aliphatic heterocycles. The number of hydrogen-bond donors (Lipinski definition) is 1. The maximum absolute atomic E-state index is 12.3. The van der Waals surface area contributed by atoms with Gasteiger partial charge in [0.2, 0.25) is 0 Å². The molecule has 2 aromatic carbocycles. The topological polar surface area (TPSA) is 42.2 Å². The molecule has 0 aliphatic rings. The van der Waals surface area contributed by atoms with Crippen molar-refractivity contribution in [2.75, 3.05) is 5.32 Å². The Morgan fingerprint density at radius 1 is 1.05 bits per heavy atom. The number of carbonyl (C=O) groups excluding carboxylic acids is 1. The summed E-state index contributed by atoms with van der Waals surface area (Å²) in [6.45, 7) is 0. The zero-order valence-corrected chi connectivity index (χ0v) is 14.6. The molecule has 0 bridgehead atoms. The first-order valence-electron chi connectivity index (χ1n) is 6.09. The van der Waals surface area contributed by atoms with Crippen LogP contribution < -0.4 is 5.32 Å². The van der Waals surface area contributed by atoms with E-state index >= 15 is 0 Å². The highest BCUT2D eigenvalue weighted by Gasteiger charge is 2.16. The van der Waals surface area contributed by atoms with Crippen molar-refractivity contribution in [3.63, 3.8) is 0 Å². The standard InChI is InChI=1S/C15H7BrCl3NO2/c16-8-2-1-7-3-13(22-12(7)4-8)15(21)20-14-10(18)5-9(17)6-11(14)19/h1-6H,(H,20,21). The first kappa shape index (κ1) is 15.7. The van der Waals surface area contributed by atoms with E-state index in [4.69, 9.17) is 39.2 Å². The second kappa shape index (κ2) is 6.13. The summed E-state index contributed by atoms with van der Waals surface area (Å²) in [4.78, 5) is 12.3. The number of furan rings is 1. The normalized spacial score (nSPS) is 10.9. The fourth-order valence-corrected chi connectivity index (χ4v) is 3.21. The largest absolute Gasteiger partial charge is 0.451 e. The van der Waals surface area contributed by atoms with E-state index in [2.05, 4.69) is 21.2 Å². The second-order valence-corrected chi connectivity index (χ2v) is 6.66. The fraction of sp³-hybridized carbons (Fsp3) is 0. The van der Waals surface area contributed by atoms with E-state index in [0.717, 1.165) is 9.86 Å². The smallest absolute Gasteiger partial charge is 0.291 e. The highest BCUT2D eigenvalue weighted by Crippen LogP contribution is 2.34. The monoisotopic (exact) mass is 417 g/mol. The van der Waals surface area contributed by atoms with Gasteiger partial charge in [-0.15, -0.1) is 0 Å². The van der Waals surface area contributed by atoms with E-state index in [9.17, 15) is 4.79 Å². The lowest BCUT2D eigenvalue weighted by molar-refractivity contribution is 0.0998. The van der Waals surface area contributed by atoms with Gasteiger partial charge in [-0.05, 0) is 36.4 Å². The van der Waals surface area contributed by atoms with Gasteiger partial charge < -0.3 is 9.73 Å². The minimum atomic E-state index is -0.446.